The molecule has 1 aromatic rings. The molecule has 1 aromatic carbocycles. The lowest BCUT2D eigenvalue weighted by Gasteiger charge is -2.31. The predicted octanol–water partition coefficient (Wildman–Crippen LogP) is 0.796. The number of carbonyl (C=O) groups excluding carboxylic acids is 1. The molecule has 1 saturated heterocycles. The average molecular weight is 341 g/mol. The number of carbonyl (C=O) groups is 2. The first-order valence-corrected chi connectivity index (χ1v) is 8.97. The van der Waals surface area contributed by atoms with E-state index in [1.54, 1.807) is 19.1 Å². The van der Waals surface area contributed by atoms with Crippen LogP contribution in [0.4, 0.5) is 0 Å². The Morgan fingerprint density at radius 2 is 2.04 bits per heavy atom. The number of carboxylic acid groups (broad SMARTS) is 1. The van der Waals surface area contributed by atoms with Crippen LogP contribution in [-0.2, 0) is 19.4 Å². The van der Waals surface area contributed by atoms with Crippen LogP contribution < -0.4 is 0 Å². The molecule has 0 saturated carbocycles. The summed E-state index contributed by atoms with van der Waals surface area (Å²) in [5.74, 6) is -1.68. The lowest BCUT2D eigenvalue weighted by atomic mass is 10.1. The molecule has 1 N–H and O–H groups in total. The molecule has 0 aromatic heterocycles. The highest BCUT2D eigenvalue weighted by Crippen LogP contribution is 2.20. The van der Waals surface area contributed by atoms with Crippen molar-refractivity contribution in [2.75, 3.05) is 25.4 Å². The van der Waals surface area contributed by atoms with Gasteiger partial charge in [-0.2, -0.15) is 0 Å². The van der Waals surface area contributed by atoms with Crippen molar-refractivity contribution >= 4 is 21.7 Å². The number of morpholine rings is 1. The second kappa shape index (κ2) is 7.10. The molecule has 1 aliphatic rings. The highest BCUT2D eigenvalue weighted by atomic mass is 32.2. The summed E-state index contributed by atoms with van der Waals surface area (Å²) in [4.78, 5) is 25.0. The van der Waals surface area contributed by atoms with Gasteiger partial charge in [0.1, 0.15) is 0 Å². The first-order chi connectivity index (χ1) is 10.9. The zero-order valence-electron chi connectivity index (χ0n) is 12.8. The van der Waals surface area contributed by atoms with Crippen LogP contribution >= 0.6 is 0 Å². The Morgan fingerprint density at radius 1 is 1.35 bits per heavy atom. The SMILES string of the molecule is CCCS(=O)(=O)c1ccccc1C(=O)N1CCO[C@@H](C(=O)O)C1. The summed E-state index contributed by atoms with van der Waals surface area (Å²) in [6, 6.07) is 6.02. The van der Waals surface area contributed by atoms with E-state index in [4.69, 9.17) is 9.84 Å². The number of nitrogens with zero attached hydrogens (tertiary/aromatic N) is 1. The van der Waals surface area contributed by atoms with E-state index in [0.29, 0.717) is 6.42 Å². The molecular weight excluding hydrogens is 322 g/mol. The van der Waals surface area contributed by atoms with Crippen molar-refractivity contribution in [2.45, 2.75) is 24.3 Å². The van der Waals surface area contributed by atoms with E-state index in [-0.39, 0.29) is 35.9 Å². The number of benzene rings is 1. The van der Waals surface area contributed by atoms with E-state index in [1.807, 2.05) is 0 Å². The van der Waals surface area contributed by atoms with Gasteiger partial charge in [0.15, 0.2) is 15.9 Å². The normalized spacial score (nSPS) is 18.7. The second-order valence-corrected chi connectivity index (χ2v) is 7.34. The monoisotopic (exact) mass is 341 g/mol. The Hall–Kier alpha value is -1.93. The quantitative estimate of drug-likeness (QED) is 0.850. The fourth-order valence-corrected chi connectivity index (χ4v) is 3.98. The maximum atomic E-state index is 12.7. The van der Waals surface area contributed by atoms with E-state index in [9.17, 15) is 18.0 Å². The van der Waals surface area contributed by atoms with Crippen LogP contribution in [0.15, 0.2) is 29.2 Å². The Labute approximate surface area is 134 Å². The predicted molar refractivity (Wildman–Crippen MR) is 82.1 cm³/mol. The van der Waals surface area contributed by atoms with Crippen LogP contribution in [0.5, 0.6) is 0 Å². The van der Waals surface area contributed by atoms with Gasteiger partial charge in [0.05, 0.1) is 29.4 Å². The Balaban J connectivity index is 2.32. The molecule has 0 bridgehead atoms. The molecule has 0 radical (unpaired) electrons. The van der Waals surface area contributed by atoms with Gasteiger partial charge >= 0.3 is 5.97 Å². The third-order valence-electron chi connectivity index (χ3n) is 3.55. The number of ether oxygens (including phenoxy) is 1. The molecule has 0 aliphatic carbocycles. The average Bonchev–Trinajstić information content (AvgIpc) is 2.54. The van der Waals surface area contributed by atoms with Crippen molar-refractivity contribution in [1.82, 2.24) is 4.90 Å². The van der Waals surface area contributed by atoms with Gasteiger partial charge in [0, 0.05) is 6.54 Å². The van der Waals surface area contributed by atoms with Gasteiger partial charge < -0.3 is 14.7 Å². The molecule has 1 amide bonds. The largest absolute Gasteiger partial charge is 0.479 e. The third kappa shape index (κ3) is 3.89. The summed E-state index contributed by atoms with van der Waals surface area (Å²) < 4.78 is 29.7. The van der Waals surface area contributed by atoms with Gasteiger partial charge in [-0.15, -0.1) is 0 Å². The lowest BCUT2D eigenvalue weighted by Crippen LogP contribution is -2.48. The van der Waals surface area contributed by atoms with Gasteiger partial charge in [-0.1, -0.05) is 19.1 Å². The van der Waals surface area contributed by atoms with E-state index in [2.05, 4.69) is 0 Å². The fourth-order valence-electron chi connectivity index (χ4n) is 2.45. The third-order valence-corrected chi connectivity index (χ3v) is 5.53. The minimum atomic E-state index is -3.55. The zero-order valence-corrected chi connectivity index (χ0v) is 13.6. The zero-order chi connectivity index (χ0) is 17.0. The molecule has 1 atom stereocenters. The Bertz CT molecular complexity index is 700. The molecule has 8 heteroatoms. The summed E-state index contributed by atoms with van der Waals surface area (Å²) in [6.07, 6.45) is -0.643. The van der Waals surface area contributed by atoms with Crippen LogP contribution in [0.2, 0.25) is 0 Å². The van der Waals surface area contributed by atoms with Crippen LogP contribution in [-0.4, -0.2) is 61.9 Å². The van der Waals surface area contributed by atoms with Crippen molar-refractivity contribution in [1.29, 1.82) is 0 Å². The van der Waals surface area contributed by atoms with Crippen molar-refractivity contribution < 1.29 is 27.9 Å². The van der Waals surface area contributed by atoms with Gasteiger partial charge in [0.2, 0.25) is 0 Å². The van der Waals surface area contributed by atoms with Crippen molar-refractivity contribution in [2.24, 2.45) is 0 Å². The summed E-state index contributed by atoms with van der Waals surface area (Å²) in [5, 5.41) is 9.00. The number of hydrogen-bond acceptors (Lipinski definition) is 5. The highest BCUT2D eigenvalue weighted by molar-refractivity contribution is 7.91. The van der Waals surface area contributed by atoms with Crippen LogP contribution in [0.3, 0.4) is 0 Å². The minimum Gasteiger partial charge on any atom is -0.479 e. The van der Waals surface area contributed by atoms with Crippen LogP contribution in [0.1, 0.15) is 23.7 Å². The number of sulfone groups is 1. The van der Waals surface area contributed by atoms with Crippen molar-refractivity contribution in [3.63, 3.8) is 0 Å². The molecule has 1 aliphatic heterocycles. The maximum absolute atomic E-state index is 12.7. The fraction of sp³-hybridized carbons (Fsp3) is 0.467. The van der Waals surface area contributed by atoms with E-state index in [1.165, 1.54) is 17.0 Å². The van der Waals surface area contributed by atoms with Gasteiger partial charge in [-0.25, -0.2) is 13.2 Å². The van der Waals surface area contributed by atoms with Crippen LogP contribution in [0.25, 0.3) is 0 Å². The van der Waals surface area contributed by atoms with Crippen molar-refractivity contribution in [3.8, 4) is 0 Å². The highest BCUT2D eigenvalue weighted by Gasteiger charge is 2.31. The number of aliphatic carboxylic acids is 1. The summed E-state index contributed by atoms with van der Waals surface area (Å²) in [6.45, 7) is 1.98. The number of carboxylic acids is 1. The first kappa shape index (κ1) is 17.4. The molecule has 0 unspecified atom stereocenters. The first-order valence-electron chi connectivity index (χ1n) is 7.32. The number of rotatable bonds is 5. The minimum absolute atomic E-state index is 0.00906. The smallest absolute Gasteiger partial charge is 0.334 e. The number of amides is 1. The summed E-state index contributed by atoms with van der Waals surface area (Å²) in [5.41, 5.74) is 0.0759. The maximum Gasteiger partial charge on any atom is 0.334 e. The number of hydrogen-bond donors (Lipinski definition) is 1. The molecule has 1 heterocycles. The van der Waals surface area contributed by atoms with Gasteiger partial charge in [-0.05, 0) is 18.6 Å². The molecular formula is C15H19NO6S. The second-order valence-electron chi connectivity index (χ2n) is 5.26. The standard InChI is InChI=1S/C15H19NO6S/c1-2-9-23(20,21)13-6-4-3-5-11(13)14(17)16-7-8-22-12(10-16)15(18)19/h3-6,12H,2,7-10H2,1H3,(H,18,19)/t12-/m1/s1. The van der Waals surface area contributed by atoms with E-state index in [0.717, 1.165) is 0 Å². The Morgan fingerprint density at radius 3 is 2.70 bits per heavy atom. The molecule has 2 rings (SSSR count). The van der Waals surface area contributed by atoms with E-state index < -0.39 is 27.8 Å². The molecule has 0 spiro atoms. The van der Waals surface area contributed by atoms with Gasteiger partial charge in [-0.3, -0.25) is 4.79 Å². The molecule has 126 valence electrons. The van der Waals surface area contributed by atoms with Crippen LogP contribution in [0, 0.1) is 0 Å². The molecule has 7 nitrogen and oxygen atoms in total. The Kier molecular flexibility index (Phi) is 5.38. The van der Waals surface area contributed by atoms with Gasteiger partial charge in [0.25, 0.3) is 5.91 Å². The molecule has 23 heavy (non-hydrogen) atoms. The topological polar surface area (TPSA) is 101 Å². The summed E-state index contributed by atoms with van der Waals surface area (Å²) >= 11 is 0. The summed E-state index contributed by atoms with van der Waals surface area (Å²) in [7, 11) is -3.55. The van der Waals surface area contributed by atoms with E-state index >= 15 is 0 Å². The van der Waals surface area contributed by atoms with Crippen molar-refractivity contribution in [3.05, 3.63) is 29.8 Å². The molecule has 1 fully saturated rings. The lowest BCUT2D eigenvalue weighted by molar-refractivity contribution is -0.154.